The molecular weight excluding hydrogens is 824 g/mol. The van der Waals surface area contributed by atoms with E-state index >= 15 is 0 Å². The molecule has 6 N–H and O–H groups in total. The Morgan fingerprint density at radius 2 is 0.818 bits per heavy atom. The Morgan fingerprint density at radius 3 is 1.47 bits per heavy atom. The molecule has 3 aromatic heterocycles. The number of hydrogen-bond acceptors (Lipinski definition) is 10. The molecule has 15 heteroatoms. The van der Waals surface area contributed by atoms with Gasteiger partial charge in [-0.3, -0.25) is 0 Å². The highest BCUT2D eigenvalue weighted by molar-refractivity contribution is 6.59. The van der Waals surface area contributed by atoms with Crippen molar-refractivity contribution in [2.24, 2.45) is 0 Å². The SMILES string of the molecule is [B]c1c(O)c(O)c2c(c1O)c1c(O)c([B])c([B])c3c1c1c2c(O)c(O)c([B])c1n3-c1cccc2c1oc1c(-c3nc(-c4ccccc4)nc(-c4ccc(-c5ccccc5)cc4)n3)cccc12. The summed E-state index contributed by atoms with van der Waals surface area (Å²) in [6.45, 7) is 0. The van der Waals surface area contributed by atoms with Crippen LogP contribution in [0, 0.1) is 0 Å². The van der Waals surface area contributed by atoms with Gasteiger partial charge in [0.15, 0.2) is 46.1 Å². The first-order valence-electron chi connectivity index (χ1n) is 20.5. The number of aromatic hydroxyl groups is 6. The molecule has 0 saturated heterocycles. The fourth-order valence-corrected chi connectivity index (χ4v) is 9.44. The van der Waals surface area contributed by atoms with Gasteiger partial charge in [0.1, 0.15) is 48.5 Å². The van der Waals surface area contributed by atoms with Gasteiger partial charge in [0.05, 0.1) is 16.8 Å². The minimum absolute atomic E-state index is 0.0650. The summed E-state index contributed by atoms with van der Waals surface area (Å²) in [5, 5.41) is 69.2. The quantitative estimate of drug-likeness (QED) is 0.0474. The molecule has 0 saturated carbocycles. The molecule has 11 nitrogen and oxygen atoms in total. The smallest absolute Gasteiger partial charge is 0.167 e. The van der Waals surface area contributed by atoms with E-state index in [0.717, 1.165) is 22.3 Å². The number of benzene rings is 9. The Bertz CT molecular complexity index is 3930. The molecule has 0 bridgehead atoms. The maximum atomic E-state index is 11.7. The molecule has 0 aliphatic heterocycles. The van der Waals surface area contributed by atoms with Crippen molar-refractivity contribution >= 4 is 119 Å². The van der Waals surface area contributed by atoms with Crippen LogP contribution in [0.3, 0.4) is 0 Å². The van der Waals surface area contributed by atoms with Crippen molar-refractivity contribution in [3.8, 4) is 85.5 Å². The van der Waals surface area contributed by atoms with Crippen molar-refractivity contribution in [2.75, 3.05) is 0 Å². The Hall–Kier alpha value is -8.57. The van der Waals surface area contributed by atoms with E-state index in [1.165, 1.54) is 0 Å². The summed E-state index contributed by atoms with van der Waals surface area (Å²) >= 11 is 0. The lowest BCUT2D eigenvalue weighted by atomic mass is 9.75. The van der Waals surface area contributed by atoms with Crippen LogP contribution in [0.5, 0.6) is 34.5 Å². The van der Waals surface area contributed by atoms with Crippen molar-refractivity contribution in [3.05, 3.63) is 121 Å². The maximum Gasteiger partial charge on any atom is 0.167 e. The first kappa shape index (κ1) is 39.1. The van der Waals surface area contributed by atoms with Gasteiger partial charge in [-0.25, -0.2) is 15.0 Å². The summed E-state index contributed by atoms with van der Waals surface area (Å²) in [6, 6.07) is 38.7. The van der Waals surface area contributed by atoms with Crippen molar-refractivity contribution in [1.29, 1.82) is 0 Å². The molecule has 0 fully saturated rings. The van der Waals surface area contributed by atoms with E-state index in [9.17, 15) is 30.6 Å². The van der Waals surface area contributed by atoms with E-state index < -0.39 is 40.0 Å². The Kier molecular flexibility index (Phi) is 8.26. The molecule has 0 amide bonds. The maximum absolute atomic E-state index is 11.7. The third-order valence-corrected chi connectivity index (χ3v) is 12.5. The molecule has 0 atom stereocenters. The van der Waals surface area contributed by atoms with Crippen LogP contribution in [0.25, 0.3) is 116 Å². The van der Waals surface area contributed by atoms with E-state index in [-0.39, 0.29) is 59.7 Å². The first-order chi connectivity index (χ1) is 31.9. The predicted molar refractivity (Wildman–Crippen MR) is 261 cm³/mol. The van der Waals surface area contributed by atoms with Gasteiger partial charge in [0.25, 0.3) is 0 Å². The highest BCUT2D eigenvalue weighted by atomic mass is 16.3. The summed E-state index contributed by atoms with van der Waals surface area (Å²) in [4.78, 5) is 15.0. The van der Waals surface area contributed by atoms with Crippen LogP contribution in [0.2, 0.25) is 0 Å². The van der Waals surface area contributed by atoms with Crippen LogP contribution in [0.1, 0.15) is 0 Å². The summed E-state index contributed by atoms with van der Waals surface area (Å²) < 4.78 is 8.50. The third-order valence-electron chi connectivity index (χ3n) is 12.5. The number of rotatable bonds is 5. The van der Waals surface area contributed by atoms with Crippen molar-refractivity contribution in [2.45, 2.75) is 0 Å². The van der Waals surface area contributed by atoms with Crippen molar-refractivity contribution < 1.29 is 35.1 Å². The van der Waals surface area contributed by atoms with E-state index in [4.69, 9.17) is 50.8 Å². The average Bonchev–Trinajstić information content (AvgIpc) is 3.92. The van der Waals surface area contributed by atoms with E-state index in [1.807, 2.05) is 109 Å². The summed E-state index contributed by atoms with van der Waals surface area (Å²) in [5.41, 5.74) is 4.15. The van der Waals surface area contributed by atoms with E-state index in [2.05, 4.69) is 0 Å². The molecule has 0 aliphatic rings. The number of nitrogens with zero attached hydrogens (tertiary/aromatic N) is 4. The number of hydrogen-bond donors (Lipinski definition) is 6. The second kappa shape index (κ2) is 14.0. The normalized spacial score (nSPS) is 11.9. The third kappa shape index (κ3) is 5.22. The largest absolute Gasteiger partial charge is 0.508 e. The molecule has 304 valence electrons. The van der Waals surface area contributed by atoms with Gasteiger partial charge in [0, 0.05) is 59.7 Å². The van der Waals surface area contributed by atoms with Gasteiger partial charge >= 0.3 is 0 Å². The fourth-order valence-electron chi connectivity index (χ4n) is 9.44. The Balaban J connectivity index is 1.15. The van der Waals surface area contributed by atoms with Crippen LogP contribution in [-0.4, -0.2) is 81.5 Å². The number of aromatic nitrogens is 4. The van der Waals surface area contributed by atoms with Gasteiger partial charge in [-0.15, -0.1) is 0 Å². The lowest BCUT2D eigenvalue weighted by Gasteiger charge is -2.19. The molecule has 12 rings (SSSR count). The highest BCUT2D eigenvalue weighted by Crippen LogP contribution is 2.55. The van der Waals surface area contributed by atoms with E-state index in [0.29, 0.717) is 50.7 Å². The number of fused-ring (bicyclic) bond motifs is 6. The molecular formula is C51H26B4N4O7. The molecule has 0 aliphatic carbocycles. The summed E-state index contributed by atoms with van der Waals surface area (Å²) in [6.07, 6.45) is 0. The van der Waals surface area contributed by atoms with Gasteiger partial charge in [-0.2, -0.15) is 0 Å². The number of para-hydroxylation sites is 2. The average molecular weight is 850 g/mol. The predicted octanol–water partition coefficient (Wildman–Crippen LogP) is 6.69. The highest BCUT2D eigenvalue weighted by Gasteiger charge is 2.33. The van der Waals surface area contributed by atoms with Crippen molar-refractivity contribution in [1.82, 2.24) is 19.5 Å². The zero-order valence-corrected chi connectivity index (χ0v) is 34.2. The minimum atomic E-state index is -0.901. The van der Waals surface area contributed by atoms with Crippen LogP contribution in [0.15, 0.2) is 126 Å². The molecule has 0 spiro atoms. The van der Waals surface area contributed by atoms with Gasteiger partial charge in [0.2, 0.25) is 0 Å². The lowest BCUT2D eigenvalue weighted by molar-refractivity contribution is 0.405. The van der Waals surface area contributed by atoms with Gasteiger partial charge in [-0.1, -0.05) is 120 Å². The molecule has 3 heterocycles. The fraction of sp³-hybridized carbons (Fsp3) is 0. The molecule has 9 aromatic carbocycles. The summed E-state index contributed by atoms with van der Waals surface area (Å²) in [7, 11) is 26.1. The van der Waals surface area contributed by atoms with Crippen molar-refractivity contribution in [3.63, 3.8) is 0 Å². The van der Waals surface area contributed by atoms with Crippen LogP contribution >= 0.6 is 0 Å². The second-order valence-corrected chi connectivity index (χ2v) is 16.1. The summed E-state index contributed by atoms with van der Waals surface area (Å²) in [5.74, 6) is -3.41. The number of phenolic OH excluding ortho intramolecular Hbond substituents is 6. The molecule has 12 aromatic rings. The Labute approximate surface area is 378 Å². The van der Waals surface area contributed by atoms with Crippen LogP contribution in [0.4, 0.5) is 0 Å². The number of furan rings is 1. The number of phenols is 6. The lowest BCUT2D eigenvalue weighted by Crippen LogP contribution is -2.28. The van der Waals surface area contributed by atoms with Gasteiger partial charge in [-0.05, 0) is 34.2 Å². The zero-order chi connectivity index (χ0) is 45.4. The van der Waals surface area contributed by atoms with Crippen LogP contribution in [-0.2, 0) is 0 Å². The monoisotopic (exact) mass is 850 g/mol. The minimum Gasteiger partial charge on any atom is -0.508 e. The van der Waals surface area contributed by atoms with Crippen LogP contribution < -0.4 is 21.9 Å². The first-order valence-corrected chi connectivity index (χ1v) is 20.5. The van der Waals surface area contributed by atoms with E-state index in [1.54, 1.807) is 16.7 Å². The zero-order valence-electron chi connectivity index (χ0n) is 34.2. The topological polar surface area (TPSA) is 178 Å². The molecule has 8 radical (unpaired) electrons. The standard InChI is InChI=1S/C51H26B4N4O7/c52-35-36(53)41(60)31-29-30-32(34-33(31)42(61)38(55)46(65)44(34)63)43(62)45(64)37(54)40(30)59(39(29)35)28-16-8-14-26-25-13-7-15-27(47(25)66-48(26)28)51-57-49(23-11-5-2-6-12-23)56-50(58-51)24-19-17-22(18-20-24)21-9-3-1-4-10-21/h1-20,60-65H. The molecule has 66 heavy (non-hydrogen) atoms. The second-order valence-electron chi connectivity index (χ2n) is 16.1. The molecule has 0 unspecified atom stereocenters. The Morgan fingerprint density at radius 1 is 0.364 bits per heavy atom. The van der Waals surface area contributed by atoms with Gasteiger partial charge < -0.3 is 39.6 Å².